The first-order chi connectivity index (χ1) is 19.5. The zero-order chi connectivity index (χ0) is 30.0. The third-order valence-corrected chi connectivity index (χ3v) is 8.40. The number of rotatable bonds is 14. The van der Waals surface area contributed by atoms with Gasteiger partial charge in [0, 0.05) is 37.5 Å². The fourth-order valence-electron chi connectivity index (χ4n) is 4.61. The van der Waals surface area contributed by atoms with E-state index in [2.05, 4.69) is 5.32 Å². The van der Waals surface area contributed by atoms with Crippen molar-refractivity contribution in [3.05, 3.63) is 101 Å². The molecule has 3 aromatic rings. The van der Waals surface area contributed by atoms with Gasteiger partial charge in [-0.1, -0.05) is 92.2 Å². The van der Waals surface area contributed by atoms with Crippen molar-refractivity contribution in [1.29, 1.82) is 0 Å². The molecule has 0 aliphatic carbocycles. The van der Waals surface area contributed by atoms with Crippen LogP contribution in [0.25, 0.3) is 0 Å². The summed E-state index contributed by atoms with van der Waals surface area (Å²) in [6.07, 6.45) is 1.85. The van der Waals surface area contributed by atoms with E-state index >= 15 is 0 Å². The number of sulfonamides is 1. The highest BCUT2D eigenvalue weighted by Gasteiger charge is 2.30. The number of benzene rings is 3. The van der Waals surface area contributed by atoms with Gasteiger partial charge in [0.1, 0.15) is 6.04 Å². The van der Waals surface area contributed by atoms with E-state index in [1.165, 1.54) is 4.31 Å². The maximum absolute atomic E-state index is 13.9. The zero-order valence-corrected chi connectivity index (χ0v) is 25.8. The van der Waals surface area contributed by atoms with Gasteiger partial charge < -0.3 is 10.2 Å². The first-order valence-corrected chi connectivity index (χ1v) is 16.1. The van der Waals surface area contributed by atoms with E-state index in [-0.39, 0.29) is 43.7 Å². The van der Waals surface area contributed by atoms with Crippen LogP contribution >= 0.6 is 11.6 Å². The molecule has 41 heavy (non-hydrogen) atoms. The van der Waals surface area contributed by atoms with Gasteiger partial charge in [-0.25, -0.2) is 8.42 Å². The molecular weight excluding hydrogens is 558 g/mol. The van der Waals surface area contributed by atoms with Crippen LogP contribution in [0, 0.1) is 12.8 Å². The molecule has 0 aliphatic heterocycles. The molecule has 0 bridgehead atoms. The molecule has 0 unspecified atom stereocenters. The summed E-state index contributed by atoms with van der Waals surface area (Å²) in [4.78, 5) is 29.1. The van der Waals surface area contributed by atoms with Crippen LogP contribution in [0.1, 0.15) is 43.4 Å². The highest BCUT2D eigenvalue weighted by Crippen LogP contribution is 2.28. The molecule has 7 nitrogen and oxygen atoms in total. The SMILES string of the molecule is Cc1c(Cl)cccc1N(CCCC(=O)N(Cc1ccccc1)[C@@H](Cc1ccccc1)C(=O)NCC(C)C)S(C)(=O)=O. The van der Waals surface area contributed by atoms with Crippen LogP contribution in [0.3, 0.4) is 0 Å². The third-order valence-electron chi connectivity index (χ3n) is 6.81. The normalized spacial score (nSPS) is 12.1. The van der Waals surface area contributed by atoms with Gasteiger partial charge in [0.15, 0.2) is 0 Å². The van der Waals surface area contributed by atoms with Crippen molar-refractivity contribution in [1.82, 2.24) is 10.2 Å². The van der Waals surface area contributed by atoms with Crippen molar-refractivity contribution < 1.29 is 18.0 Å². The van der Waals surface area contributed by atoms with Crippen LogP contribution < -0.4 is 9.62 Å². The van der Waals surface area contributed by atoms with E-state index in [0.717, 1.165) is 17.4 Å². The quantitative estimate of drug-likeness (QED) is 0.262. The van der Waals surface area contributed by atoms with E-state index in [4.69, 9.17) is 11.6 Å². The molecule has 3 rings (SSSR count). The highest BCUT2D eigenvalue weighted by atomic mass is 35.5. The topological polar surface area (TPSA) is 86.8 Å². The lowest BCUT2D eigenvalue weighted by atomic mass is 10.0. The Morgan fingerprint density at radius 1 is 0.902 bits per heavy atom. The Hall–Kier alpha value is -3.36. The summed E-state index contributed by atoms with van der Waals surface area (Å²) in [7, 11) is -3.62. The van der Waals surface area contributed by atoms with Crippen molar-refractivity contribution >= 4 is 39.1 Å². The number of carbonyl (C=O) groups is 2. The predicted molar refractivity (Wildman–Crippen MR) is 166 cm³/mol. The monoisotopic (exact) mass is 597 g/mol. The Labute approximate surface area is 249 Å². The summed E-state index contributed by atoms with van der Waals surface area (Å²) in [6.45, 7) is 6.68. The summed E-state index contributed by atoms with van der Waals surface area (Å²) < 4.78 is 26.7. The zero-order valence-electron chi connectivity index (χ0n) is 24.2. The first kappa shape index (κ1) is 32.2. The van der Waals surface area contributed by atoms with Crippen LogP contribution in [0.4, 0.5) is 5.69 Å². The minimum absolute atomic E-state index is 0.0707. The maximum Gasteiger partial charge on any atom is 0.243 e. The lowest BCUT2D eigenvalue weighted by molar-refractivity contribution is -0.141. The molecule has 0 fully saturated rings. The number of carbonyl (C=O) groups excluding carboxylic acids is 2. The van der Waals surface area contributed by atoms with Crippen molar-refractivity contribution in [3.8, 4) is 0 Å². The minimum atomic E-state index is -3.62. The van der Waals surface area contributed by atoms with E-state index in [1.54, 1.807) is 30.0 Å². The average Bonchev–Trinajstić information content (AvgIpc) is 2.94. The standard InChI is InChI=1S/C32H40ClN3O4S/c1-24(2)22-34-32(38)30(21-26-13-7-5-8-14-26)35(23-27-15-9-6-10-16-27)31(37)19-12-20-36(41(4,39)40)29-18-11-17-28(33)25(29)3/h5-11,13-18,24,30H,12,19-23H2,1-4H3,(H,34,38)/t30-/m0/s1. The third kappa shape index (κ3) is 9.61. The lowest BCUT2D eigenvalue weighted by Crippen LogP contribution is -2.51. The smallest absolute Gasteiger partial charge is 0.243 e. The van der Waals surface area contributed by atoms with Crippen molar-refractivity contribution in [2.24, 2.45) is 5.92 Å². The number of nitrogens with one attached hydrogen (secondary N) is 1. The van der Waals surface area contributed by atoms with Gasteiger partial charge in [0.25, 0.3) is 0 Å². The van der Waals surface area contributed by atoms with Crippen molar-refractivity contribution in [2.75, 3.05) is 23.7 Å². The molecule has 0 aromatic heterocycles. The average molecular weight is 598 g/mol. The van der Waals surface area contributed by atoms with Crippen molar-refractivity contribution in [2.45, 2.75) is 52.6 Å². The second-order valence-electron chi connectivity index (χ2n) is 10.7. The molecule has 1 atom stereocenters. The van der Waals surface area contributed by atoms with E-state index in [0.29, 0.717) is 29.2 Å². The van der Waals surface area contributed by atoms with Gasteiger partial charge in [-0.3, -0.25) is 13.9 Å². The summed E-state index contributed by atoms with van der Waals surface area (Å²) in [5.41, 5.74) is 3.00. The summed E-state index contributed by atoms with van der Waals surface area (Å²) >= 11 is 6.27. The Morgan fingerprint density at radius 2 is 1.51 bits per heavy atom. The van der Waals surface area contributed by atoms with Crippen molar-refractivity contribution in [3.63, 3.8) is 0 Å². The second kappa shape index (κ2) is 15.0. The molecule has 0 aliphatic rings. The van der Waals surface area contributed by atoms with Gasteiger partial charge >= 0.3 is 0 Å². The lowest BCUT2D eigenvalue weighted by Gasteiger charge is -2.32. The summed E-state index contributed by atoms with van der Waals surface area (Å²) in [6, 6.07) is 23.6. The molecule has 0 radical (unpaired) electrons. The van der Waals surface area contributed by atoms with Gasteiger partial charge in [0.05, 0.1) is 11.9 Å². The van der Waals surface area contributed by atoms with Gasteiger partial charge in [-0.05, 0) is 48.1 Å². The van der Waals surface area contributed by atoms with Crippen LogP contribution in [-0.2, 0) is 32.6 Å². The largest absolute Gasteiger partial charge is 0.354 e. The number of hydrogen-bond donors (Lipinski definition) is 1. The molecule has 2 amide bonds. The summed E-state index contributed by atoms with van der Waals surface area (Å²) in [5, 5.41) is 3.49. The molecule has 0 saturated heterocycles. The first-order valence-electron chi connectivity index (χ1n) is 13.8. The number of anilines is 1. The van der Waals surface area contributed by atoms with E-state index in [1.807, 2.05) is 74.5 Å². The molecule has 1 N–H and O–H groups in total. The molecule has 220 valence electrons. The molecule has 9 heteroatoms. The molecule has 0 spiro atoms. The Balaban J connectivity index is 1.87. The Morgan fingerprint density at radius 3 is 2.10 bits per heavy atom. The second-order valence-corrected chi connectivity index (χ2v) is 13.0. The molecule has 0 heterocycles. The van der Waals surface area contributed by atoms with Crippen LogP contribution in [0.2, 0.25) is 5.02 Å². The van der Waals surface area contributed by atoms with E-state index < -0.39 is 16.1 Å². The number of amides is 2. The van der Waals surface area contributed by atoms with Crippen LogP contribution in [-0.4, -0.2) is 50.5 Å². The number of hydrogen-bond acceptors (Lipinski definition) is 4. The van der Waals surface area contributed by atoms with E-state index in [9.17, 15) is 18.0 Å². The molecule has 0 saturated carbocycles. The Bertz CT molecular complexity index is 1400. The van der Waals surface area contributed by atoms with Gasteiger partial charge in [-0.15, -0.1) is 0 Å². The van der Waals surface area contributed by atoms with Crippen LogP contribution in [0.5, 0.6) is 0 Å². The fraction of sp³-hybridized carbons (Fsp3) is 0.375. The van der Waals surface area contributed by atoms with Gasteiger partial charge in [-0.2, -0.15) is 0 Å². The summed E-state index contributed by atoms with van der Waals surface area (Å²) in [5.74, 6) is -0.170. The molecular formula is C32H40ClN3O4S. The minimum Gasteiger partial charge on any atom is -0.354 e. The highest BCUT2D eigenvalue weighted by molar-refractivity contribution is 7.92. The Kier molecular flexibility index (Phi) is 11.8. The predicted octanol–water partition coefficient (Wildman–Crippen LogP) is 5.61. The fourth-order valence-corrected chi connectivity index (χ4v) is 5.79. The maximum atomic E-state index is 13.9. The number of halogens is 1. The van der Waals surface area contributed by atoms with Gasteiger partial charge in [0.2, 0.25) is 21.8 Å². The van der Waals surface area contributed by atoms with Crippen LogP contribution in [0.15, 0.2) is 78.9 Å². The number of nitrogens with zero attached hydrogens (tertiary/aromatic N) is 2. The molecule has 3 aromatic carbocycles.